The van der Waals surface area contributed by atoms with Crippen molar-refractivity contribution in [3.8, 4) is 0 Å². The number of alkyl halides is 1. The van der Waals surface area contributed by atoms with Crippen LogP contribution in [-0.2, 0) is 6.54 Å². The fourth-order valence-corrected chi connectivity index (χ4v) is 2.34. The first-order valence-electron chi connectivity index (χ1n) is 7.26. The van der Waals surface area contributed by atoms with Gasteiger partial charge in [-0.05, 0) is 25.3 Å². The Hall–Kier alpha value is -1.36. The zero-order valence-corrected chi connectivity index (χ0v) is 13.1. The molecule has 0 aromatic carbocycles. The van der Waals surface area contributed by atoms with Gasteiger partial charge in [0.05, 0.1) is 29.9 Å². The summed E-state index contributed by atoms with van der Waals surface area (Å²) in [5, 5.41) is 12.8. The molecule has 110 valence electrons. The second kappa shape index (κ2) is 6.88. The summed E-state index contributed by atoms with van der Waals surface area (Å²) in [5.41, 5.74) is 1.82. The van der Waals surface area contributed by atoms with E-state index >= 15 is 0 Å². The van der Waals surface area contributed by atoms with Gasteiger partial charge in [0.2, 0.25) is 0 Å². The van der Waals surface area contributed by atoms with Gasteiger partial charge >= 0.3 is 0 Å². The molecule has 0 aliphatic carbocycles. The molecule has 2 rings (SSSR count). The summed E-state index contributed by atoms with van der Waals surface area (Å²) in [6, 6.07) is 2.51. The summed E-state index contributed by atoms with van der Waals surface area (Å²) < 4.78 is 3.84. The highest BCUT2D eigenvalue weighted by Crippen LogP contribution is 2.21. The van der Waals surface area contributed by atoms with E-state index in [4.69, 9.17) is 11.6 Å². The fourth-order valence-electron chi connectivity index (χ4n) is 2.24. The molecule has 0 N–H and O–H groups in total. The number of hydrogen-bond donors (Lipinski definition) is 0. The van der Waals surface area contributed by atoms with E-state index in [1.807, 2.05) is 30.1 Å². The molecule has 1 unspecified atom stereocenters. The lowest BCUT2D eigenvalue weighted by atomic mass is 10.2. The van der Waals surface area contributed by atoms with Crippen LogP contribution in [0.1, 0.15) is 62.8 Å². The molecular formula is C14H22ClN5. The highest BCUT2D eigenvalue weighted by atomic mass is 35.5. The Bertz CT molecular complexity index is 529. The molecule has 2 aromatic heterocycles. The van der Waals surface area contributed by atoms with Crippen molar-refractivity contribution >= 4 is 11.6 Å². The lowest BCUT2D eigenvalue weighted by molar-refractivity contribution is 0.423. The van der Waals surface area contributed by atoms with Crippen molar-refractivity contribution in [1.29, 1.82) is 0 Å². The van der Waals surface area contributed by atoms with Gasteiger partial charge in [-0.3, -0.25) is 4.68 Å². The van der Waals surface area contributed by atoms with Crippen LogP contribution >= 0.6 is 11.6 Å². The van der Waals surface area contributed by atoms with Crippen LogP contribution in [0.3, 0.4) is 0 Å². The van der Waals surface area contributed by atoms with Gasteiger partial charge in [0.15, 0.2) is 0 Å². The minimum Gasteiger partial charge on any atom is -0.269 e. The van der Waals surface area contributed by atoms with Crippen molar-refractivity contribution in [3.63, 3.8) is 0 Å². The molecule has 0 aliphatic rings. The highest BCUT2D eigenvalue weighted by Gasteiger charge is 2.12. The van der Waals surface area contributed by atoms with E-state index in [1.54, 1.807) is 4.68 Å². The third-order valence-electron chi connectivity index (χ3n) is 3.54. The van der Waals surface area contributed by atoms with Crippen molar-refractivity contribution in [2.75, 3.05) is 0 Å². The van der Waals surface area contributed by atoms with Gasteiger partial charge in [-0.2, -0.15) is 5.10 Å². The molecule has 0 bridgehead atoms. The smallest absolute Gasteiger partial charge is 0.101 e. The van der Waals surface area contributed by atoms with E-state index in [9.17, 15) is 0 Å². The summed E-state index contributed by atoms with van der Waals surface area (Å²) in [6.45, 7) is 7.04. The topological polar surface area (TPSA) is 48.5 Å². The van der Waals surface area contributed by atoms with E-state index in [2.05, 4.69) is 29.3 Å². The first-order valence-corrected chi connectivity index (χ1v) is 7.69. The van der Waals surface area contributed by atoms with Gasteiger partial charge in [-0.15, -0.1) is 16.7 Å². The number of hydrogen-bond acceptors (Lipinski definition) is 3. The number of aromatic nitrogens is 5. The van der Waals surface area contributed by atoms with Crippen LogP contribution in [0, 0.1) is 0 Å². The summed E-state index contributed by atoms with van der Waals surface area (Å²) >= 11 is 6.15. The molecule has 0 radical (unpaired) electrons. The van der Waals surface area contributed by atoms with Crippen LogP contribution in [0.15, 0.2) is 18.5 Å². The zero-order valence-electron chi connectivity index (χ0n) is 12.3. The van der Waals surface area contributed by atoms with Crippen molar-refractivity contribution in [2.45, 2.75) is 58.0 Å². The number of nitrogens with zero attached hydrogens (tertiary/aromatic N) is 5. The summed E-state index contributed by atoms with van der Waals surface area (Å²) in [7, 11) is 0. The van der Waals surface area contributed by atoms with Gasteiger partial charge in [-0.1, -0.05) is 26.0 Å². The molecular weight excluding hydrogens is 274 g/mol. The Morgan fingerprint density at radius 1 is 1.20 bits per heavy atom. The third kappa shape index (κ3) is 3.39. The monoisotopic (exact) mass is 295 g/mol. The molecule has 0 fully saturated rings. The van der Waals surface area contributed by atoms with Crippen LogP contribution in [0.2, 0.25) is 0 Å². The Morgan fingerprint density at radius 3 is 2.60 bits per heavy atom. The Kier molecular flexibility index (Phi) is 5.17. The molecule has 2 aromatic rings. The fraction of sp³-hybridized carbons (Fsp3) is 0.643. The zero-order chi connectivity index (χ0) is 14.5. The van der Waals surface area contributed by atoms with Crippen molar-refractivity contribution in [2.24, 2.45) is 0 Å². The molecule has 0 spiro atoms. The first-order chi connectivity index (χ1) is 9.67. The molecule has 0 aliphatic heterocycles. The van der Waals surface area contributed by atoms with E-state index in [-0.39, 0.29) is 5.38 Å². The maximum atomic E-state index is 6.15. The molecule has 6 heteroatoms. The molecule has 20 heavy (non-hydrogen) atoms. The van der Waals surface area contributed by atoms with Crippen molar-refractivity contribution in [3.05, 3.63) is 29.8 Å². The minimum atomic E-state index is -0.0640. The molecule has 0 saturated heterocycles. The quantitative estimate of drug-likeness (QED) is 0.734. The molecule has 1 atom stereocenters. The predicted molar refractivity (Wildman–Crippen MR) is 79.9 cm³/mol. The third-order valence-corrected chi connectivity index (χ3v) is 4.07. The van der Waals surface area contributed by atoms with Gasteiger partial charge in [0.25, 0.3) is 0 Å². The van der Waals surface area contributed by atoms with Crippen molar-refractivity contribution in [1.82, 2.24) is 24.8 Å². The maximum Gasteiger partial charge on any atom is 0.101 e. The standard InChI is InChI=1S/C14H22ClN5/c1-4-12(5-2)20-8-7-11(17-20)9-19-10-14(16-18-19)13(15)6-3/h7-8,10,12-13H,4-6,9H2,1-3H3. The highest BCUT2D eigenvalue weighted by molar-refractivity contribution is 6.20. The normalized spacial score (nSPS) is 13.1. The lowest BCUT2D eigenvalue weighted by Gasteiger charge is -2.12. The van der Waals surface area contributed by atoms with E-state index < -0.39 is 0 Å². The SMILES string of the molecule is CCC(Cl)c1cn(Cc2ccn(C(CC)CC)n2)nn1. The van der Waals surface area contributed by atoms with E-state index in [1.165, 1.54) is 0 Å². The van der Waals surface area contributed by atoms with E-state index in [0.29, 0.717) is 12.6 Å². The van der Waals surface area contributed by atoms with Gasteiger partial charge in [-0.25, -0.2) is 4.68 Å². The van der Waals surface area contributed by atoms with E-state index in [0.717, 1.165) is 30.7 Å². The largest absolute Gasteiger partial charge is 0.269 e. The lowest BCUT2D eigenvalue weighted by Crippen LogP contribution is -2.09. The maximum absolute atomic E-state index is 6.15. The molecule has 0 saturated carbocycles. The predicted octanol–water partition coefficient (Wildman–Crippen LogP) is 3.57. The van der Waals surface area contributed by atoms with Crippen LogP contribution in [-0.4, -0.2) is 24.8 Å². The van der Waals surface area contributed by atoms with Gasteiger partial charge in [0.1, 0.15) is 5.69 Å². The van der Waals surface area contributed by atoms with Crippen LogP contribution in [0.25, 0.3) is 0 Å². The summed E-state index contributed by atoms with van der Waals surface area (Å²) in [4.78, 5) is 0. The molecule has 2 heterocycles. The Balaban J connectivity index is 2.05. The minimum absolute atomic E-state index is 0.0640. The second-order valence-electron chi connectivity index (χ2n) is 4.97. The van der Waals surface area contributed by atoms with Crippen molar-refractivity contribution < 1.29 is 0 Å². The Morgan fingerprint density at radius 2 is 1.95 bits per heavy atom. The average molecular weight is 296 g/mol. The Labute approximate surface area is 124 Å². The summed E-state index contributed by atoms with van der Waals surface area (Å²) in [5.74, 6) is 0. The van der Waals surface area contributed by atoms with Gasteiger partial charge in [0, 0.05) is 6.20 Å². The average Bonchev–Trinajstić information content (AvgIpc) is 3.10. The summed E-state index contributed by atoms with van der Waals surface area (Å²) in [6.07, 6.45) is 6.98. The number of rotatable bonds is 7. The number of halogens is 1. The van der Waals surface area contributed by atoms with Gasteiger partial charge < -0.3 is 0 Å². The molecule has 5 nitrogen and oxygen atoms in total. The molecule has 0 amide bonds. The van der Waals surface area contributed by atoms with Crippen LogP contribution in [0.5, 0.6) is 0 Å². The van der Waals surface area contributed by atoms with Crippen LogP contribution < -0.4 is 0 Å². The second-order valence-corrected chi connectivity index (χ2v) is 5.50. The van der Waals surface area contributed by atoms with Crippen LogP contribution in [0.4, 0.5) is 0 Å². The first kappa shape index (κ1) is 15.0.